The van der Waals surface area contributed by atoms with Crippen LogP contribution in [0.1, 0.15) is 0 Å². The molecule has 109 valence electrons. The van der Waals surface area contributed by atoms with E-state index in [1.54, 1.807) is 0 Å². The Bertz CT molecular complexity index is 403. The van der Waals surface area contributed by atoms with E-state index in [0.717, 1.165) is 0 Å². The fourth-order valence-electron chi connectivity index (χ4n) is 1.52. The van der Waals surface area contributed by atoms with Gasteiger partial charge in [-0.1, -0.05) is 39.3 Å². The summed E-state index contributed by atoms with van der Waals surface area (Å²) in [6.07, 6.45) is 1.32. The summed E-state index contributed by atoms with van der Waals surface area (Å²) in [6, 6.07) is 0. The molecular formula is C8H24BO5S2Si2. The first kappa shape index (κ1) is 20.7. The van der Waals surface area contributed by atoms with Crippen molar-refractivity contribution in [2.75, 3.05) is 12.5 Å². The highest BCUT2D eigenvalue weighted by Crippen LogP contribution is 2.07. The molecule has 0 fully saturated rings. The van der Waals surface area contributed by atoms with Gasteiger partial charge in [-0.3, -0.25) is 0 Å². The van der Waals surface area contributed by atoms with Crippen molar-refractivity contribution in [1.82, 2.24) is 0 Å². The summed E-state index contributed by atoms with van der Waals surface area (Å²) in [4.78, 5) is 0. The van der Waals surface area contributed by atoms with Gasteiger partial charge in [0, 0.05) is 15.9 Å². The summed E-state index contributed by atoms with van der Waals surface area (Å²) >= 11 is 0. The van der Waals surface area contributed by atoms with E-state index in [4.69, 9.17) is 0 Å². The Balaban J connectivity index is 0. The highest BCUT2D eigenvalue weighted by Gasteiger charge is 2.24. The molecule has 0 aromatic heterocycles. The number of rotatable bonds is 4. The van der Waals surface area contributed by atoms with Crippen LogP contribution in [0.4, 0.5) is 0 Å². The fourth-order valence-corrected chi connectivity index (χ4v) is 13.7. The summed E-state index contributed by atoms with van der Waals surface area (Å²) in [6.45, 7) is 17.1. The summed E-state index contributed by atoms with van der Waals surface area (Å²) in [5, 5.41) is 0. The summed E-state index contributed by atoms with van der Waals surface area (Å²) in [7, 11) is -9.45. The third-order valence-electron chi connectivity index (χ3n) is 1.11. The monoisotopic (exact) mass is 331 g/mol. The maximum atomic E-state index is 10.0. The van der Waals surface area contributed by atoms with Crippen LogP contribution in [0.2, 0.25) is 39.3 Å². The van der Waals surface area contributed by atoms with Crippen molar-refractivity contribution in [2.45, 2.75) is 39.3 Å². The Morgan fingerprint density at radius 1 is 0.722 bits per heavy atom. The van der Waals surface area contributed by atoms with Gasteiger partial charge >= 0.3 is 0 Å². The van der Waals surface area contributed by atoms with E-state index in [2.05, 4.69) is 49.4 Å². The highest BCUT2D eigenvalue weighted by atomic mass is 32.3. The second-order valence-corrected chi connectivity index (χ2v) is 20.3. The zero-order valence-corrected chi connectivity index (χ0v) is 16.1. The van der Waals surface area contributed by atoms with Gasteiger partial charge in [-0.05, 0) is 0 Å². The van der Waals surface area contributed by atoms with E-state index in [0.29, 0.717) is 12.5 Å². The molecule has 1 radical (unpaired) electrons. The Kier molecular flexibility index (Phi) is 7.68. The van der Waals surface area contributed by atoms with Gasteiger partial charge in [0.15, 0.2) is 0 Å². The average Bonchev–Trinajstić information content (AvgIpc) is 1.64. The molecule has 0 aromatic rings. The maximum Gasteiger partial charge on any atom is 0.278 e. The van der Waals surface area contributed by atoms with Crippen LogP contribution in [0.25, 0.3) is 0 Å². The minimum atomic E-state index is -3.87. The molecule has 0 aliphatic heterocycles. The van der Waals surface area contributed by atoms with Crippen molar-refractivity contribution < 1.29 is 20.5 Å². The Labute approximate surface area is 115 Å². The first-order chi connectivity index (χ1) is 7.41. The van der Waals surface area contributed by atoms with Gasteiger partial charge < -0.3 is 0 Å². The SMILES string of the molecule is CS(=O)(=O)OS(C)(=O)=O.C[Si](C)(C)[B][Si](C)(C)C. The molecule has 0 aromatic carbocycles. The molecule has 0 atom stereocenters. The molecule has 0 heterocycles. The van der Waals surface area contributed by atoms with Crippen LogP contribution >= 0.6 is 0 Å². The van der Waals surface area contributed by atoms with Crippen molar-refractivity contribution in [3.63, 3.8) is 0 Å². The zero-order chi connectivity index (χ0) is 15.4. The molecule has 0 aliphatic carbocycles. The first-order valence-electron chi connectivity index (χ1n) is 5.39. The third-order valence-corrected chi connectivity index (χ3v) is 10.0. The van der Waals surface area contributed by atoms with Crippen molar-refractivity contribution >= 4 is 42.6 Å². The Morgan fingerprint density at radius 2 is 0.944 bits per heavy atom. The zero-order valence-electron chi connectivity index (χ0n) is 12.4. The van der Waals surface area contributed by atoms with E-state index in [-0.39, 0.29) is 0 Å². The van der Waals surface area contributed by atoms with Gasteiger partial charge in [0.25, 0.3) is 20.2 Å². The van der Waals surface area contributed by atoms with Crippen molar-refractivity contribution in [2.24, 2.45) is 0 Å². The topological polar surface area (TPSA) is 77.5 Å². The maximum absolute atomic E-state index is 10.0. The van der Waals surface area contributed by atoms with Gasteiger partial charge in [-0.2, -0.15) is 16.8 Å². The van der Waals surface area contributed by atoms with Crippen LogP contribution in [0.5, 0.6) is 0 Å². The van der Waals surface area contributed by atoms with Crippen molar-refractivity contribution in [3.05, 3.63) is 0 Å². The molecule has 5 nitrogen and oxygen atoms in total. The van der Waals surface area contributed by atoms with Gasteiger partial charge in [0.2, 0.25) is 0 Å². The molecular weight excluding hydrogens is 307 g/mol. The molecule has 0 bridgehead atoms. The molecule has 0 unspecified atom stereocenters. The van der Waals surface area contributed by atoms with Crippen LogP contribution in [0.3, 0.4) is 0 Å². The molecule has 0 amide bonds. The average molecular weight is 331 g/mol. The second-order valence-electron chi connectivity index (χ2n) is 6.35. The molecule has 0 aliphatic rings. The van der Waals surface area contributed by atoms with Gasteiger partial charge in [0.05, 0.1) is 19.0 Å². The van der Waals surface area contributed by atoms with Crippen molar-refractivity contribution in [1.29, 1.82) is 0 Å². The van der Waals surface area contributed by atoms with Crippen LogP contribution in [-0.2, 0) is 23.9 Å². The summed E-state index contributed by atoms with van der Waals surface area (Å²) in [5.74, 6) is 0. The van der Waals surface area contributed by atoms with Crippen LogP contribution in [-0.4, -0.2) is 51.7 Å². The number of hydrogen-bond acceptors (Lipinski definition) is 5. The van der Waals surface area contributed by atoms with Crippen molar-refractivity contribution in [3.8, 4) is 0 Å². The lowest BCUT2D eigenvalue weighted by molar-refractivity contribution is 0.471. The van der Waals surface area contributed by atoms with Gasteiger partial charge in [-0.15, -0.1) is 3.63 Å². The minimum absolute atomic E-state index is 0.661. The Hall–Kier alpha value is 0.359. The standard InChI is InChI=1S/C6H18BSi2.C2H6O5S2/c1-8(2,3)7-9(4,5)6;1-8(3,4)7-9(2,5)6/h1-6H3;1-2H3. The first-order valence-corrected chi connectivity index (χ1v) is 16.2. The lowest BCUT2D eigenvalue weighted by atomic mass is 10.7. The van der Waals surface area contributed by atoms with E-state index in [1.165, 1.54) is 0 Å². The lowest BCUT2D eigenvalue weighted by Crippen LogP contribution is -2.46. The summed E-state index contributed by atoms with van der Waals surface area (Å²) in [5.41, 5.74) is 0. The van der Waals surface area contributed by atoms with Crippen LogP contribution < -0.4 is 0 Å². The fraction of sp³-hybridized carbons (Fsp3) is 1.00. The smallest absolute Gasteiger partial charge is 0.199 e. The molecule has 0 N–H and O–H groups in total. The molecule has 0 spiro atoms. The second kappa shape index (κ2) is 6.69. The Morgan fingerprint density at radius 3 is 0.944 bits per heavy atom. The predicted molar refractivity (Wildman–Crippen MR) is 83.2 cm³/mol. The van der Waals surface area contributed by atoms with Gasteiger partial charge in [-0.25, -0.2) is 0 Å². The van der Waals surface area contributed by atoms with E-state index >= 15 is 0 Å². The minimum Gasteiger partial charge on any atom is -0.199 e. The molecule has 18 heavy (non-hydrogen) atoms. The van der Waals surface area contributed by atoms with E-state index in [1.807, 2.05) is 0 Å². The summed E-state index contributed by atoms with van der Waals surface area (Å²) < 4.78 is 43.8. The largest absolute Gasteiger partial charge is 0.278 e. The molecule has 0 saturated heterocycles. The quantitative estimate of drug-likeness (QED) is 0.725. The van der Waals surface area contributed by atoms with Crippen LogP contribution in [0, 0.1) is 0 Å². The van der Waals surface area contributed by atoms with E-state index < -0.39 is 36.1 Å². The highest BCUT2D eigenvalue weighted by molar-refractivity contribution is 7.99. The molecule has 0 rings (SSSR count). The van der Waals surface area contributed by atoms with Gasteiger partial charge in [0.1, 0.15) is 0 Å². The lowest BCUT2D eigenvalue weighted by Gasteiger charge is -2.24. The van der Waals surface area contributed by atoms with Crippen LogP contribution in [0.15, 0.2) is 0 Å². The third kappa shape index (κ3) is 25.3. The predicted octanol–water partition coefficient (Wildman–Crippen LogP) is 1.28. The number of hydrogen-bond donors (Lipinski definition) is 0. The molecule has 0 saturated carbocycles. The normalized spacial score (nSPS) is 13.6. The van der Waals surface area contributed by atoms with E-state index in [9.17, 15) is 16.8 Å². The molecule has 10 heteroatoms.